The topological polar surface area (TPSA) is 46.2 Å². The third-order valence-electron chi connectivity index (χ3n) is 2.35. The van der Waals surface area contributed by atoms with Crippen molar-refractivity contribution in [3.05, 3.63) is 71.5 Å². The third kappa shape index (κ3) is 4.82. The maximum absolute atomic E-state index is 12.5. The summed E-state index contributed by atoms with van der Waals surface area (Å²) in [6.07, 6.45) is 0. The van der Waals surface area contributed by atoms with Gasteiger partial charge in [0, 0.05) is 12.6 Å². The molecule has 2 aromatic carbocycles. The summed E-state index contributed by atoms with van der Waals surface area (Å²) in [6.45, 7) is 0. The van der Waals surface area contributed by atoms with E-state index >= 15 is 0 Å². The molecule has 0 saturated carbocycles. The van der Waals surface area contributed by atoms with Gasteiger partial charge in [0.25, 0.3) is 11.1 Å². The fourth-order valence-corrected chi connectivity index (χ4v) is 1.51. The van der Waals surface area contributed by atoms with E-state index in [0.717, 1.165) is 0 Å². The minimum absolute atomic E-state index is 0.0411. The van der Waals surface area contributed by atoms with Crippen molar-refractivity contribution in [1.29, 1.82) is 0 Å². The van der Waals surface area contributed by atoms with Crippen LogP contribution in [-0.2, 0) is 0 Å². The number of carbonyl (C=O) groups excluding carboxylic acids is 2. The fraction of sp³-hybridized carbons (Fsp3) is 0.0667. The highest BCUT2D eigenvalue weighted by atomic mass is 35.5. The molecule has 0 heterocycles. The zero-order chi connectivity index (χ0) is 15.0. The molecule has 0 radical (unpaired) electrons. The van der Waals surface area contributed by atoms with Gasteiger partial charge in [-0.1, -0.05) is 30.3 Å². The Labute approximate surface area is 121 Å². The first-order valence-corrected chi connectivity index (χ1v) is 6.15. The zero-order valence-corrected chi connectivity index (χ0v) is 11.5. The molecule has 3 nitrogen and oxygen atoms in total. The quantitative estimate of drug-likeness (QED) is 0.864. The number of amides is 1. The molecule has 0 aromatic heterocycles. The number of hydrogen-bond acceptors (Lipinski definition) is 2. The molecule has 20 heavy (non-hydrogen) atoms. The lowest BCUT2D eigenvalue weighted by Crippen LogP contribution is -2.17. The largest absolute Gasteiger partial charge is 0.355 e. The number of carbonyl (C=O) groups is 2. The summed E-state index contributed by atoms with van der Waals surface area (Å²) < 4.78 is 12.5. The normalized spacial score (nSPS) is 9.15. The average Bonchev–Trinajstić information content (AvgIpc) is 2.48. The number of benzene rings is 2. The van der Waals surface area contributed by atoms with Gasteiger partial charge in [-0.3, -0.25) is 9.59 Å². The Kier molecular flexibility index (Phi) is 6.40. The van der Waals surface area contributed by atoms with Crippen LogP contribution in [0.4, 0.5) is 4.39 Å². The number of hydrogen-bond donors (Lipinski definition) is 1. The van der Waals surface area contributed by atoms with Crippen molar-refractivity contribution >= 4 is 22.8 Å². The summed E-state index contributed by atoms with van der Waals surface area (Å²) in [6, 6.07) is 14.7. The highest BCUT2D eigenvalue weighted by Crippen LogP contribution is 2.08. The van der Waals surface area contributed by atoms with Crippen LogP contribution in [-0.4, -0.2) is 18.2 Å². The van der Waals surface area contributed by atoms with Crippen LogP contribution >= 0.6 is 11.6 Å². The van der Waals surface area contributed by atoms with Crippen LogP contribution in [0.1, 0.15) is 20.7 Å². The molecule has 0 aliphatic carbocycles. The monoisotopic (exact) mass is 293 g/mol. The van der Waals surface area contributed by atoms with Gasteiger partial charge in [-0.2, -0.15) is 0 Å². The van der Waals surface area contributed by atoms with E-state index in [1.54, 1.807) is 25.2 Å². The van der Waals surface area contributed by atoms with Gasteiger partial charge in [0.2, 0.25) is 0 Å². The lowest BCUT2D eigenvalue weighted by molar-refractivity contribution is 0.0962. The Morgan fingerprint density at radius 2 is 1.55 bits per heavy atom. The Morgan fingerprint density at radius 1 is 1.00 bits per heavy atom. The fourth-order valence-electron chi connectivity index (χ4n) is 1.35. The van der Waals surface area contributed by atoms with E-state index in [9.17, 15) is 14.0 Å². The first-order valence-electron chi connectivity index (χ1n) is 5.77. The van der Waals surface area contributed by atoms with Gasteiger partial charge in [0.1, 0.15) is 5.82 Å². The van der Waals surface area contributed by atoms with Crippen molar-refractivity contribution in [2.24, 2.45) is 0 Å². The summed E-state index contributed by atoms with van der Waals surface area (Å²) >= 11 is 5.03. The average molecular weight is 294 g/mol. The lowest BCUT2D eigenvalue weighted by Gasteiger charge is -1.96. The second-order valence-electron chi connectivity index (χ2n) is 3.70. The van der Waals surface area contributed by atoms with Crippen LogP contribution in [0.3, 0.4) is 0 Å². The SMILES string of the molecule is CNC(=O)c1ccccc1.O=C(Cl)c1ccccc1F. The molecule has 2 aromatic rings. The predicted octanol–water partition coefficient (Wildman–Crippen LogP) is 3.25. The molecule has 0 unspecified atom stereocenters. The Balaban J connectivity index is 0.000000200. The van der Waals surface area contributed by atoms with Gasteiger partial charge in [0.05, 0.1) is 5.56 Å². The first-order chi connectivity index (χ1) is 9.56. The molecule has 0 fully saturated rings. The second-order valence-corrected chi connectivity index (χ2v) is 4.04. The van der Waals surface area contributed by atoms with E-state index in [-0.39, 0.29) is 11.5 Å². The number of rotatable bonds is 2. The van der Waals surface area contributed by atoms with E-state index in [1.165, 1.54) is 18.2 Å². The predicted molar refractivity (Wildman–Crippen MR) is 76.4 cm³/mol. The van der Waals surface area contributed by atoms with Crippen molar-refractivity contribution < 1.29 is 14.0 Å². The molecule has 1 N–H and O–H groups in total. The molecule has 5 heteroatoms. The molecule has 104 valence electrons. The van der Waals surface area contributed by atoms with Crippen molar-refractivity contribution in [1.82, 2.24) is 5.32 Å². The van der Waals surface area contributed by atoms with Gasteiger partial charge in [-0.05, 0) is 35.9 Å². The number of nitrogens with one attached hydrogen (secondary N) is 1. The summed E-state index contributed by atoms with van der Waals surface area (Å²) in [5.74, 6) is -0.622. The smallest absolute Gasteiger partial charge is 0.255 e. The molecule has 0 aliphatic heterocycles. The summed E-state index contributed by atoms with van der Waals surface area (Å²) in [4.78, 5) is 21.3. The molecular weight excluding hydrogens is 281 g/mol. The van der Waals surface area contributed by atoms with Crippen LogP contribution in [0.2, 0.25) is 0 Å². The highest BCUT2D eigenvalue weighted by Gasteiger charge is 2.05. The van der Waals surface area contributed by atoms with Gasteiger partial charge < -0.3 is 5.32 Å². The van der Waals surface area contributed by atoms with Crippen LogP contribution in [0.25, 0.3) is 0 Å². The molecule has 0 atom stereocenters. The molecule has 0 aliphatic rings. The molecule has 0 bridgehead atoms. The Bertz CT molecular complexity index is 587. The summed E-state index contributed by atoms with van der Waals surface area (Å²) in [7, 11) is 1.62. The Morgan fingerprint density at radius 3 is 2.00 bits per heavy atom. The standard InChI is InChI=1S/C8H9NO.C7H4ClFO/c1-9-8(10)7-5-3-2-4-6-7;8-7(10)5-3-1-2-4-6(5)9/h2-6H,1H3,(H,9,10);1-4H. The van der Waals surface area contributed by atoms with Gasteiger partial charge in [-0.15, -0.1) is 0 Å². The van der Waals surface area contributed by atoms with Crippen LogP contribution in [0.15, 0.2) is 54.6 Å². The first kappa shape index (κ1) is 15.9. The van der Waals surface area contributed by atoms with Crippen molar-refractivity contribution in [2.45, 2.75) is 0 Å². The van der Waals surface area contributed by atoms with Gasteiger partial charge in [-0.25, -0.2) is 4.39 Å². The van der Waals surface area contributed by atoms with Crippen LogP contribution in [0, 0.1) is 5.82 Å². The van der Waals surface area contributed by atoms with Crippen molar-refractivity contribution in [3.8, 4) is 0 Å². The van der Waals surface area contributed by atoms with E-state index in [0.29, 0.717) is 5.56 Å². The zero-order valence-electron chi connectivity index (χ0n) is 10.8. The highest BCUT2D eigenvalue weighted by molar-refractivity contribution is 6.67. The maximum atomic E-state index is 12.5. The van der Waals surface area contributed by atoms with Crippen LogP contribution < -0.4 is 5.32 Å². The second kappa shape index (κ2) is 8.07. The van der Waals surface area contributed by atoms with E-state index in [4.69, 9.17) is 11.6 Å². The minimum Gasteiger partial charge on any atom is -0.355 e. The summed E-state index contributed by atoms with van der Waals surface area (Å²) in [5.41, 5.74) is 0.620. The molecule has 2 rings (SSSR count). The van der Waals surface area contributed by atoms with Gasteiger partial charge in [0.15, 0.2) is 0 Å². The third-order valence-corrected chi connectivity index (χ3v) is 2.55. The number of halogens is 2. The lowest BCUT2D eigenvalue weighted by atomic mass is 10.2. The van der Waals surface area contributed by atoms with Crippen molar-refractivity contribution in [3.63, 3.8) is 0 Å². The van der Waals surface area contributed by atoms with Crippen molar-refractivity contribution in [2.75, 3.05) is 7.05 Å². The Hall–Kier alpha value is -2.20. The maximum Gasteiger partial charge on any atom is 0.255 e. The molecule has 0 saturated heterocycles. The van der Waals surface area contributed by atoms with Gasteiger partial charge >= 0.3 is 0 Å². The minimum atomic E-state index is -0.766. The molecular formula is C15H13ClFNO2. The summed E-state index contributed by atoms with van der Waals surface area (Å²) in [5, 5.41) is 1.78. The van der Waals surface area contributed by atoms with E-state index in [1.807, 2.05) is 18.2 Å². The molecule has 0 spiro atoms. The van der Waals surface area contributed by atoms with Crippen LogP contribution in [0.5, 0.6) is 0 Å². The van der Waals surface area contributed by atoms with E-state index < -0.39 is 11.1 Å². The van der Waals surface area contributed by atoms with E-state index in [2.05, 4.69) is 5.32 Å². The molecule has 1 amide bonds.